The molecule has 0 radical (unpaired) electrons. The molecule has 0 saturated heterocycles. The second-order valence-electron chi connectivity index (χ2n) is 6.37. The van der Waals surface area contributed by atoms with E-state index in [2.05, 4.69) is 31.8 Å². The number of ether oxygens (including phenoxy) is 2. The van der Waals surface area contributed by atoms with Crippen molar-refractivity contribution in [2.75, 3.05) is 19.1 Å². The smallest absolute Gasteiger partial charge is 0.263 e. The van der Waals surface area contributed by atoms with Gasteiger partial charge in [0.15, 0.2) is 0 Å². The number of nitrogens with one attached hydrogen (secondary N) is 1. The standard InChI is InChI=1S/C23H21N5O2/c1-3-30-22-13-12-16-8-4-5-9-17(16)19(22)14-24-27-23-26-20(15-25-28-23)18-10-6-7-11-21(18)29-2/h4-15H,3H2,1-2H3,(H,26,27,28). The lowest BCUT2D eigenvalue weighted by Crippen LogP contribution is -2.02. The Bertz CT molecular complexity index is 1190. The molecule has 0 aliphatic heterocycles. The molecule has 4 rings (SSSR count). The molecule has 3 aromatic carbocycles. The van der Waals surface area contributed by atoms with Crippen molar-refractivity contribution < 1.29 is 9.47 Å². The molecule has 1 heterocycles. The Balaban J connectivity index is 1.62. The normalized spacial score (nSPS) is 11.0. The first kappa shape index (κ1) is 19.3. The van der Waals surface area contributed by atoms with Gasteiger partial charge in [-0.25, -0.2) is 10.4 Å². The minimum atomic E-state index is 0.285. The summed E-state index contributed by atoms with van der Waals surface area (Å²) in [7, 11) is 1.62. The molecule has 0 aliphatic carbocycles. The Kier molecular flexibility index (Phi) is 5.80. The van der Waals surface area contributed by atoms with E-state index in [9.17, 15) is 0 Å². The molecule has 30 heavy (non-hydrogen) atoms. The van der Waals surface area contributed by atoms with Crippen LogP contribution in [0.15, 0.2) is 72.0 Å². The molecule has 0 unspecified atom stereocenters. The molecule has 7 heteroatoms. The molecular formula is C23H21N5O2. The van der Waals surface area contributed by atoms with Crippen LogP contribution in [-0.2, 0) is 0 Å². The van der Waals surface area contributed by atoms with E-state index in [0.717, 1.165) is 27.6 Å². The van der Waals surface area contributed by atoms with E-state index in [0.29, 0.717) is 18.1 Å². The number of anilines is 1. The van der Waals surface area contributed by atoms with Gasteiger partial charge in [-0.3, -0.25) is 0 Å². The first-order valence-corrected chi connectivity index (χ1v) is 9.57. The van der Waals surface area contributed by atoms with Crippen molar-refractivity contribution in [3.05, 3.63) is 72.4 Å². The molecule has 0 atom stereocenters. The van der Waals surface area contributed by atoms with E-state index in [1.807, 2.05) is 61.5 Å². The summed E-state index contributed by atoms with van der Waals surface area (Å²) in [5.41, 5.74) is 5.22. The lowest BCUT2D eigenvalue weighted by atomic mass is 10.0. The fourth-order valence-electron chi connectivity index (χ4n) is 3.18. The van der Waals surface area contributed by atoms with Gasteiger partial charge in [-0.05, 0) is 35.9 Å². The summed E-state index contributed by atoms with van der Waals surface area (Å²) in [4.78, 5) is 4.49. The molecule has 0 saturated carbocycles. The minimum Gasteiger partial charge on any atom is -0.496 e. The molecule has 0 bridgehead atoms. The fourth-order valence-corrected chi connectivity index (χ4v) is 3.18. The molecule has 0 amide bonds. The van der Waals surface area contributed by atoms with Gasteiger partial charge in [-0.1, -0.05) is 42.5 Å². The zero-order valence-electron chi connectivity index (χ0n) is 16.7. The largest absolute Gasteiger partial charge is 0.496 e. The van der Waals surface area contributed by atoms with Gasteiger partial charge in [0.2, 0.25) is 0 Å². The maximum absolute atomic E-state index is 5.77. The van der Waals surface area contributed by atoms with E-state index in [1.54, 1.807) is 19.5 Å². The summed E-state index contributed by atoms with van der Waals surface area (Å²) in [5, 5.41) is 14.5. The van der Waals surface area contributed by atoms with Crippen molar-refractivity contribution in [2.45, 2.75) is 6.92 Å². The quantitative estimate of drug-likeness (QED) is 0.363. The van der Waals surface area contributed by atoms with E-state index in [4.69, 9.17) is 9.47 Å². The second-order valence-corrected chi connectivity index (χ2v) is 6.37. The fraction of sp³-hybridized carbons (Fsp3) is 0.130. The van der Waals surface area contributed by atoms with Crippen LogP contribution in [0.3, 0.4) is 0 Å². The Morgan fingerprint density at radius 3 is 2.70 bits per heavy atom. The Labute approximate surface area is 174 Å². The number of methoxy groups -OCH3 is 1. The third-order valence-corrected chi connectivity index (χ3v) is 4.53. The van der Waals surface area contributed by atoms with Crippen LogP contribution < -0.4 is 14.9 Å². The summed E-state index contributed by atoms with van der Waals surface area (Å²) < 4.78 is 11.2. The number of rotatable bonds is 7. The molecule has 0 spiro atoms. The van der Waals surface area contributed by atoms with Gasteiger partial charge in [0.1, 0.15) is 11.5 Å². The summed E-state index contributed by atoms with van der Waals surface area (Å²) >= 11 is 0. The number of fused-ring (bicyclic) bond motifs is 1. The van der Waals surface area contributed by atoms with Crippen molar-refractivity contribution in [2.24, 2.45) is 5.10 Å². The highest BCUT2D eigenvalue weighted by Gasteiger charge is 2.09. The SMILES string of the molecule is CCOc1ccc2ccccc2c1C=NNc1nncc(-c2ccccc2OC)n1. The van der Waals surface area contributed by atoms with Gasteiger partial charge in [0.05, 0.1) is 31.8 Å². The van der Waals surface area contributed by atoms with Gasteiger partial charge >= 0.3 is 0 Å². The number of hydrogen-bond acceptors (Lipinski definition) is 7. The van der Waals surface area contributed by atoms with Crippen LogP contribution in [0.25, 0.3) is 22.0 Å². The predicted molar refractivity (Wildman–Crippen MR) is 118 cm³/mol. The first-order chi connectivity index (χ1) is 14.8. The Hall–Kier alpha value is -4.00. The van der Waals surface area contributed by atoms with E-state index < -0.39 is 0 Å². The monoisotopic (exact) mass is 399 g/mol. The molecule has 1 aromatic heterocycles. The second kappa shape index (κ2) is 9.00. The number of hydrazone groups is 1. The van der Waals surface area contributed by atoms with Gasteiger partial charge < -0.3 is 9.47 Å². The van der Waals surface area contributed by atoms with Crippen molar-refractivity contribution >= 4 is 22.9 Å². The third kappa shape index (κ3) is 4.05. The lowest BCUT2D eigenvalue weighted by Gasteiger charge is -2.10. The average molecular weight is 399 g/mol. The van der Waals surface area contributed by atoms with Crippen LogP contribution in [0, 0.1) is 0 Å². The number of aromatic nitrogens is 3. The topological polar surface area (TPSA) is 81.5 Å². The highest BCUT2D eigenvalue weighted by molar-refractivity contribution is 6.02. The summed E-state index contributed by atoms with van der Waals surface area (Å²) in [6.45, 7) is 2.53. The Morgan fingerprint density at radius 2 is 1.83 bits per heavy atom. The number of benzene rings is 3. The van der Waals surface area contributed by atoms with Gasteiger partial charge in [0.25, 0.3) is 5.95 Å². The molecular weight excluding hydrogens is 378 g/mol. The van der Waals surface area contributed by atoms with Crippen LogP contribution in [0.4, 0.5) is 5.95 Å². The van der Waals surface area contributed by atoms with Crippen molar-refractivity contribution in [3.8, 4) is 22.8 Å². The zero-order valence-corrected chi connectivity index (χ0v) is 16.7. The minimum absolute atomic E-state index is 0.285. The van der Waals surface area contributed by atoms with Crippen LogP contribution in [0.2, 0.25) is 0 Å². The molecule has 7 nitrogen and oxygen atoms in total. The van der Waals surface area contributed by atoms with E-state index in [-0.39, 0.29) is 5.95 Å². The maximum Gasteiger partial charge on any atom is 0.263 e. The van der Waals surface area contributed by atoms with Crippen LogP contribution in [0.5, 0.6) is 11.5 Å². The van der Waals surface area contributed by atoms with E-state index >= 15 is 0 Å². The molecule has 150 valence electrons. The predicted octanol–water partition coefficient (Wildman–Crippen LogP) is 4.55. The van der Waals surface area contributed by atoms with Gasteiger partial charge in [0, 0.05) is 11.1 Å². The van der Waals surface area contributed by atoms with Crippen LogP contribution in [-0.4, -0.2) is 35.1 Å². The number of hydrogen-bond donors (Lipinski definition) is 1. The molecule has 1 N–H and O–H groups in total. The molecule has 4 aromatic rings. The van der Waals surface area contributed by atoms with E-state index in [1.165, 1.54) is 0 Å². The average Bonchev–Trinajstić information content (AvgIpc) is 2.80. The summed E-state index contributed by atoms with van der Waals surface area (Å²) in [6.07, 6.45) is 3.30. The zero-order chi connectivity index (χ0) is 20.8. The highest BCUT2D eigenvalue weighted by atomic mass is 16.5. The lowest BCUT2D eigenvalue weighted by molar-refractivity contribution is 0.340. The van der Waals surface area contributed by atoms with Gasteiger partial charge in [-0.15, -0.1) is 5.10 Å². The van der Waals surface area contributed by atoms with Crippen molar-refractivity contribution in [1.29, 1.82) is 0 Å². The third-order valence-electron chi connectivity index (χ3n) is 4.53. The maximum atomic E-state index is 5.77. The highest BCUT2D eigenvalue weighted by Crippen LogP contribution is 2.28. The van der Waals surface area contributed by atoms with Crippen molar-refractivity contribution in [1.82, 2.24) is 15.2 Å². The first-order valence-electron chi connectivity index (χ1n) is 9.57. The molecule has 0 aliphatic rings. The van der Waals surface area contributed by atoms with Crippen LogP contribution >= 0.6 is 0 Å². The van der Waals surface area contributed by atoms with Gasteiger partial charge in [-0.2, -0.15) is 10.2 Å². The summed E-state index contributed by atoms with van der Waals surface area (Å²) in [6, 6.07) is 19.7. The van der Waals surface area contributed by atoms with Crippen LogP contribution in [0.1, 0.15) is 12.5 Å². The number of para-hydroxylation sites is 1. The Morgan fingerprint density at radius 1 is 1.00 bits per heavy atom. The summed E-state index contributed by atoms with van der Waals surface area (Å²) in [5.74, 6) is 1.76. The van der Waals surface area contributed by atoms with Crippen molar-refractivity contribution in [3.63, 3.8) is 0 Å². The number of nitrogens with zero attached hydrogens (tertiary/aromatic N) is 4. The molecule has 0 fully saturated rings.